The normalized spacial score (nSPS) is 11.7. The molecule has 0 aliphatic heterocycles. The molecule has 0 bridgehead atoms. The molecule has 0 N–H and O–H groups in total. The van der Waals surface area contributed by atoms with E-state index >= 15 is 0 Å². The van der Waals surface area contributed by atoms with E-state index in [1.807, 2.05) is 11.3 Å². The fourth-order valence-electron chi connectivity index (χ4n) is 2.56. The van der Waals surface area contributed by atoms with E-state index in [0.717, 1.165) is 0 Å². The van der Waals surface area contributed by atoms with Crippen LogP contribution in [0.2, 0.25) is 0 Å². The number of hydrogen-bond acceptors (Lipinski definition) is 1. The number of thiophene rings is 1. The number of rotatable bonds is 3. The Morgan fingerprint density at radius 1 is 0.700 bits per heavy atom. The van der Waals surface area contributed by atoms with Crippen LogP contribution in [0.3, 0.4) is 0 Å². The quantitative estimate of drug-likeness (QED) is 0.478. The molecule has 0 nitrogen and oxygen atoms in total. The van der Waals surface area contributed by atoms with Gasteiger partial charge in [0.05, 0.1) is 0 Å². The molecule has 1 radical (unpaired) electrons. The minimum absolute atomic E-state index is 0. The standard InChI is InChI=1S/C17H17PS.Rh/c1-18(17-13-8-14-19-17,15-9-4-2-5-10-15)16-11-6-3-7-12-16;/h2-14,18H,1H3;. The second kappa shape index (κ2) is 6.77. The monoisotopic (exact) mass is 387 g/mol. The summed E-state index contributed by atoms with van der Waals surface area (Å²) in [4.78, 5) is 0. The molecule has 0 saturated heterocycles. The molecule has 3 rings (SSSR count). The van der Waals surface area contributed by atoms with Gasteiger partial charge in [-0.2, -0.15) is 0 Å². The van der Waals surface area contributed by atoms with Gasteiger partial charge in [0.1, 0.15) is 0 Å². The Morgan fingerprint density at radius 2 is 1.20 bits per heavy atom. The number of benzene rings is 2. The van der Waals surface area contributed by atoms with E-state index in [4.69, 9.17) is 0 Å². The molecule has 20 heavy (non-hydrogen) atoms. The van der Waals surface area contributed by atoms with Crippen molar-refractivity contribution in [2.24, 2.45) is 0 Å². The van der Waals surface area contributed by atoms with Gasteiger partial charge in [0.15, 0.2) is 0 Å². The van der Waals surface area contributed by atoms with Crippen molar-refractivity contribution < 1.29 is 19.5 Å². The van der Waals surface area contributed by atoms with Crippen LogP contribution in [0, 0.1) is 0 Å². The van der Waals surface area contributed by atoms with Crippen LogP contribution in [0.25, 0.3) is 0 Å². The first-order chi connectivity index (χ1) is 9.32. The van der Waals surface area contributed by atoms with Crippen molar-refractivity contribution in [1.29, 1.82) is 0 Å². The first kappa shape index (κ1) is 15.6. The second-order valence-electron chi connectivity index (χ2n) is 4.83. The van der Waals surface area contributed by atoms with E-state index in [-0.39, 0.29) is 19.5 Å². The van der Waals surface area contributed by atoms with Crippen LogP contribution in [-0.4, -0.2) is 6.66 Å². The van der Waals surface area contributed by atoms with E-state index in [0.29, 0.717) is 0 Å². The van der Waals surface area contributed by atoms with Crippen LogP contribution in [0.4, 0.5) is 0 Å². The van der Waals surface area contributed by atoms with Crippen LogP contribution >= 0.6 is 18.6 Å². The maximum atomic E-state index is 2.45. The zero-order valence-corrected chi connectivity index (χ0v) is 14.7. The first-order valence-electron chi connectivity index (χ1n) is 6.47. The molecule has 1 heterocycles. The van der Waals surface area contributed by atoms with Crippen molar-refractivity contribution in [2.75, 3.05) is 6.66 Å². The van der Waals surface area contributed by atoms with Crippen molar-refractivity contribution in [1.82, 2.24) is 0 Å². The van der Waals surface area contributed by atoms with Gasteiger partial charge in [-0.1, -0.05) is 0 Å². The molecule has 0 aliphatic carbocycles. The minimum Gasteiger partial charge on any atom is 0 e. The largest absolute Gasteiger partial charge is 0 e. The van der Waals surface area contributed by atoms with Crippen LogP contribution in [0.5, 0.6) is 0 Å². The van der Waals surface area contributed by atoms with Crippen molar-refractivity contribution >= 4 is 33.8 Å². The third kappa shape index (κ3) is 2.79. The zero-order chi connectivity index (χ0) is 13.1. The molecule has 0 saturated carbocycles. The van der Waals surface area contributed by atoms with Crippen molar-refractivity contribution in [3.8, 4) is 0 Å². The van der Waals surface area contributed by atoms with Gasteiger partial charge < -0.3 is 0 Å². The molecule has 105 valence electrons. The fraction of sp³-hybridized carbons (Fsp3) is 0.0588. The summed E-state index contributed by atoms with van der Waals surface area (Å²) in [7, 11) is -1.81. The van der Waals surface area contributed by atoms with E-state index in [2.05, 4.69) is 84.8 Å². The Kier molecular flexibility index (Phi) is 5.27. The molecule has 0 fully saturated rings. The van der Waals surface area contributed by atoms with E-state index in [1.165, 1.54) is 15.2 Å². The van der Waals surface area contributed by atoms with Gasteiger partial charge in [0.2, 0.25) is 0 Å². The van der Waals surface area contributed by atoms with E-state index in [9.17, 15) is 0 Å². The van der Waals surface area contributed by atoms with Crippen LogP contribution in [-0.2, 0) is 19.5 Å². The van der Waals surface area contributed by atoms with Crippen molar-refractivity contribution in [3.05, 3.63) is 78.2 Å². The van der Waals surface area contributed by atoms with Gasteiger partial charge in [-0.3, -0.25) is 0 Å². The van der Waals surface area contributed by atoms with Crippen LogP contribution in [0.1, 0.15) is 0 Å². The Bertz CT molecular complexity index is 596. The summed E-state index contributed by atoms with van der Waals surface area (Å²) in [5.74, 6) is 0. The molecule has 0 atom stereocenters. The third-order valence-corrected chi connectivity index (χ3v) is 10.1. The Labute approximate surface area is 138 Å². The van der Waals surface area contributed by atoms with Crippen LogP contribution < -0.4 is 15.2 Å². The van der Waals surface area contributed by atoms with Gasteiger partial charge in [0.25, 0.3) is 0 Å². The predicted octanol–water partition coefficient (Wildman–Crippen LogP) is 3.40. The van der Waals surface area contributed by atoms with Gasteiger partial charge in [-0.15, -0.1) is 0 Å². The summed E-state index contributed by atoms with van der Waals surface area (Å²) in [6, 6.07) is 26.3. The topological polar surface area (TPSA) is 0 Å². The van der Waals surface area contributed by atoms with Gasteiger partial charge >= 0.3 is 119 Å². The first-order valence-corrected chi connectivity index (χ1v) is 9.85. The summed E-state index contributed by atoms with van der Waals surface area (Å²) in [6.45, 7) is 2.45. The SMILES string of the molecule is C[PH](c1ccccc1)(c1ccccc1)c1cccs1.[Rh]. The molecular formula is C17H17PRhS. The van der Waals surface area contributed by atoms with E-state index in [1.54, 1.807) is 0 Å². The average molecular weight is 387 g/mol. The van der Waals surface area contributed by atoms with Gasteiger partial charge in [-0.05, 0) is 0 Å². The fourth-order valence-corrected chi connectivity index (χ4v) is 7.92. The summed E-state index contributed by atoms with van der Waals surface area (Å²) in [6.07, 6.45) is 0. The average Bonchev–Trinajstić information content (AvgIpc) is 3.03. The maximum absolute atomic E-state index is 2.45. The third-order valence-electron chi connectivity index (χ3n) is 3.72. The Hall–Kier alpha value is -0.807. The summed E-state index contributed by atoms with van der Waals surface area (Å²) >= 11 is 1.88. The molecule has 0 spiro atoms. The molecule has 1 aromatic heterocycles. The molecule has 3 aromatic rings. The second-order valence-corrected chi connectivity index (χ2v) is 10.1. The summed E-state index contributed by atoms with van der Waals surface area (Å²) in [5, 5.41) is 5.14. The maximum Gasteiger partial charge on any atom is 0 e. The van der Waals surface area contributed by atoms with Gasteiger partial charge in [-0.25, -0.2) is 0 Å². The molecule has 2 aromatic carbocycles. The summed E-state index contributed by atoms with van der Waals surface area (Å²) in [5.41, 5.74) is 0. The Morgan fingerprint density at radius 3 is 1.60 bits per heavy atom. The van der Waals surface area contributed by atoms with E-state index < -0.39 is 7.26 Å². The number of hydrogen-bond donors (Lipinski definition) is 0. The molecular weight excluding hydrogens is 370 g/mol. The van der Waals surface area contributed by atoms with Crippen molar-refractivity contribution in [2.45, 2.75) is 0 Å². The zero-order valence-electron chi connectivity index (χ0n) is 11.2. The van der Waals surface area contributed by atoms with Gasteiger partial charge in [0, 0.05) is 19.5 Å². The Balaban J connectivity index is 0.00000147. The smallest absolute Gasteiger partial charge is 0 e. The van der Waals surface area contributed by atoms with Crippen molar-refractivity contribution in [3.63, 3.8) is 0 Å². The molecule has 0 amide bonds. The van der Waals surface area contributed by atoms with Crippen LogP contribution in [0.15, 0.2) is 78.2 Å². The summed E-state index contributed by atoms with van der Waals surface area (Å²) < 4.78 is 1.52. The minimum atomic E-state index is -1.81. The molecule has 0 aliphatic rings. The predicted molar refractivity (Wildman–Crippen MR) is 90.3 cm³/mol. The molecule has 0 unspecified atom stereocenters. The molecule has 3 heteroatoms.